The van der Waals surface area contributed by atoms with Crippen LogP contribution in [-0.2, 0) is 20.6 Å². The Hall–Kier alpha value is -1.06. The molecule has 0 radical (unpaired) electrons. The fourth-order valence-corrected chi connectivity index (χ4v) is 6.08. The lowest BCUT2D eigenvalue weighted by Gasteiger charge is -2.28. The maximum atomic E-state index is 12.6. The molecular formula is C12H18N2O5S2. The predicted molar refractivity (Wildman–Crippen MR) is 78.2 cm³/mol. The molecule has 0 spiro atoms. The highest BCUT2D eigenvalue weighted by Gasteiger charge is 2.46. The van der Waals surface area contributed by atoms with Gasteiger partial charge in [-0.05, 0) is 12.8 Å². The Bertz CT molecular complexity index is 625. The van der Waals surface area contributed by atoms with Crippen LogP contribution in [0.25, 0.3) is 0 Å². The molecule has 21 heavy (non-hydrogen) atoms. The Morgan fingerprint density at radius 1 is 1.62 bits per heavy atom. The molecule has 0 bridgehead atoms. The molecule has 0 amide bonds. The molecule has 2 rings (SSSR count). The SMILES string of the molecule is Cc1cc(CS(=O)(=O)N2C(C(=O)O)CSC2C(C)C)no1. The van der Waals surface area contributed by atoms with Crippen molar-refractivity contribution < 1.29 is 22.8 Å². The highest BCUT2D eigenvalue weighted by Crippen LogP contribution is 2.37. The van der Waals surface area contributed by atoms with Crippen molar-refractivity contribution in [1.29, 1.82) is 0 Å². The zero-order valence-corrected chi connectivity index (χ0v) is 13.6. The molecule has 2 atom stereocenters. The van der Waals surface area contributed by atoms with Crippen molar-refractivity contribution in [2.75, 3.05) is 5.75 Å². The van der Waals surface area contributed by atoms with Gasteiger partial charge in [-0.25, -0.2) is 8.42 Å². The smallest absolute Gasteiger partial charge is 0.322 e. The average molecular weight is 334 g/mol. The van der Waals surface area contributed by atoms with E-state index in [4.69, 9.17) is 4.52 Å². The van der Waals surface area contributed by atoms with Crippen molar-refractivity contribution in [3.63, 3.8) is 0 Å². The van der Waals surface area contributed by atoms with Crippen LogP contribution in [0.15, 0.2) is 10.6 Å². The van der Waals surface area contributed by atoms with Crippen LogP contribution in [0.4, 0.5) is 0 Å². The van der Waals surface area contributed by atoms with Crippen LogP contribution in [0, 0.1) is 12.8 Å². The largest absolute Gasteiger partial charge is 0.480 e. The summed E-state index contributed by atoms with van der Waals surface area (Å²) in [6.45, 7) is 5.43. The van der Waals surface area contributed by atoms with Crippen molar-refractivity contribution in [2.45, 2.75) is 37.9 Å². The summed E-state index contributed by atoms with van der Waals surface area (Å²) in [4.78, 5) is 11.3. The molecule has 1 aromatic heterocycles. The summed E-state index contributed by atoms with van der Waals surface area (Å²) in [6, 6.07) is 0.515. The van der Waals surface area contributed by atoms with Gasteiger partial charge in [-0.2, -0.15) is 4.31 Å². The van der Waals surface area contributed by atoms with Gasteiger partial charge in [-0.1, -0.05) is 19.0 Å². The summed E-state index contributed by atoms with van der Waals surface area (Å²) >= 11 is 1.36. The number of thioether (sulfide) groups is 1. The third-order valence-electron chi connectivity index (χ3n) is 3.17. The van der Waals surface area contributed by atoms with Gasteiger partial charge in [-0.15, -0.1) is 11.8 Å². The number of nitrogens with zero attached hydrogens (tertiary/aromatic N) is 2. The Morgan fingerprint density at radius 3 is 2.76 bits per heavy atom. The number of aromatic nitrogens is 1. The number of sulfonamides is 1. The van der Waals surface area contributed by atoms with Gasteiger partial charge in [0.25, 0.3) is 0 Å². The van der Waals surface area contributed by atoms with Gasteiger partial charge < -0.3 is 9.63 Å². The van der Waals surface area contributed by atoms with Gasteiger partial charge >= 0.3 is 5.97 Å². The topological polar surface area (TPSA) is 101 Å². The molecule has 1 aliphatic rings. The zero-order chi connectivity index (χ0) is 15.8. The lowest BCUT2D eigenvalue weighted by molar-refractivity contribution is -0.140. The second-order valence-electron chi connectivity index (χ2n) is 5.34. The monoisotopic (exact) mass is 334 g/mol. The van der Waals surface area contributed by atoms with E-state index in [-0.39, 0.29) is 28.5 Å². The van der Waals surface area contributed by atoms with Gasteiger partial charge in [0.05, 0.1) is 5.37 Å². The van der Waals surface area contributed by atoms with E-state index in [1.54, 1.807) is 13.0 Å². The number of hydrogen-bond acceptors (Lipinski definition) is 6. The lowest BCUT2D eigenvalue weighted by Crippen LogP contribution is -2.47. The van der Waals surface area contributed by atoms with Gasteiger partial charge in [0, 0.05) is 11.8 Å². The highest BCUT2D eigenvalue weighted by molar-refractivity contribution is 8.01. The molecule has 0 aromatic carbocycles. The average Bonchev–Trinajstić information content (AvgIpc) is 2.95. The number of carboxylic acids is 1. The van der Waals surface area contributed by atoms with E-state index in [0.717, 1.165) is 4.31 Å². The molecule has 7 nitrogen and oxygen atoms in total. The molecule has 1 N–H and O–H groups in total. The minimum Gasteiger partial charge on any atom is -0.480 e. The van der Waals surface area contributed by atoms with Crippen molar-refractivity contribution in [1.82, 2.24) is 9.46 Å². The number of hydrogen-bond donors (Lipinski definition) is 1. The van der Waals surface area contributed by atoms with Crippen LogP contribution in [0.1, 0.15) is 25.3 Å². The normalized spacial score (nSPS) is 23.8. The van der Waals surface area contributed by atoms with Crippen LogP contribution in [-0.4, -0.2) is 46.1 Å². The summed E-state index contributed by atoms with van der Waals surface area (Å²) < 4.78 is 31.2. The van der Waals surface area contributed by atoms with E-state index < -0.39 is 22.0 Å². The molecule has 1 fully saturated rings. The van der Waals surface area contributed by atoms with E-state index in [0.29, 0.717) is 5.76 Å². The van der Waals surface area contributed by atoms with Crippen LogP contribution < -0.4 is 0 Å². The van der Waals surface area contributed by atoms with Gasteiger partial charge in [0.15, 0.2) is 0 Å². The third-order valence-corrected chi connectivity index (χ3v) is 6.71. The first-order valence-electron chi connectivity index (χ1n) is 6.50. The Balaban J connectivity index is 2.31. The molecule has 9 heteroatoms. The van der Waals surface area contributed by atoms with Crippen molar-refractivity contribution in [3.8, 4) is 0 Å². The summed E-state index contributed by atoms with van der Waals surface area (Å²) in [5.74, 6) is -0.669. The van der Waals surface area contributed by atoms with Crippen molar-refractivity contribution in [2.24, 2.45) is 5.92 Å². The number of aliphatic carboxylic acids is 1. The van der Waals surface area contributed by atoms with Gasteiger partial charge in [0.1, 0.15) is 23.2 Å². The molecular weight excluding hydrogens is 316 g/mol. The maximum Gasteiger partial charge on any atom is 0.322 e. The molecule has 2 heterocycles. The minimum atomic E-state index is -3.78. The molecule has 118 valence electrons. The summed E-state index contributed by atoms with van der Waals surface area (Å²) in [6.07, 6.45) is 0. The third kappa shape index (κ3) is 3.41. The van der Waals surface area contributed by atoms with Gasteiger partial charge in [-0.3, -0.25) is 4.79 Å². The Morgan fingerprint density at radius 2 is 2.29 bits per heavy atom. The number of carbonyl (C=O) groups is 1. The second-order valence-corrected chi connectivity index (χ2v) is 8.36. The number of aryl methyl sites for hydroxylation is 1. The molecule has 0 saturated carbocycles. The first-order valence-corrected chi connectivity index (χ1v) is 9.16. The predicted octanol–water partition coefficient (Wildman–Crippen LogP) is 1.30. The maximum absolute atomic E-state index is 12.6. The molecule has 1 aliphatic heterocycles. The molecule has 1 saturated heterocycles. The first-order chi connectivity index (χ1) is 9.72. The van der Waals surface area contributed by atoms with Crippen LogP contribution in [0.2, 0.25) is 0 Å². The molecule has 2 unspecified atom stereocenters. The van der Waals surface area contributed by atoms with Gasteiger partial charge in [0.2, 0.25) is 10.0 Å². The van der Waals surface area contributed by atoms with E-state index in [1.165, 1.54) is 11.8 Å². The van der Waals surface area contributed by atoms with E-state index >= 15 is 0 Å². The fourth-order valence-electron chi connectivity index (χ4n) is 2.28. The molecule has 1 aromatic rings. The minimum absolute atomic E-state index is 0.0215. The molecule has 0 aliphatic carbocycles. The Kier molecular flexibility index (Phi) is 4.64. The van der Waals surface area contributed by atoms with Crippen LogP contribution >= 0.6 is 11.8 Å². The first kappa shape index (κ1) is 16.3. The summed E-state index contributed by atoms with van der Waals surface area (Å²) in [5, 5.41) is 12.6. The lowest BCUT2D eigenvalue weighted by atomic mass is 10.2. The van der Waals surface area contributed by atoms with Crippen LogP contribution in [0.3, 0.4) is 0 Å². The Labute approximate surface area is 127 Å². The number of rotatable bonds is 5. The van der Waals surface area contributed by atoms with Crippen molar-refractivity contribution >= 4 is 27.8 Å². The van der Waals surface area contributed by atoms with E-state index in [1.807, 2.05) is 13.8 Å². The van der Waals surface area contributed by atoms with E-state index in [9.17, 15) is 18.3 Å². The second kappa shape index (κ2) is 5.98. The summed E-state index contributed by atoms with van der Waals surface area (Å²) in [5.41, 5.74) is 0.288. The quantitative estimate of drug-likeness (QED) is 0.866. The zero-order valence-electron chi connectivity index (χ0n) is 12.0. The van der Waals surface area contributed by atoms with E-state index in [2.05, 4.69) is 5.16 Å². The fraction of sp³-hybridized carbons (Fsp3) is 0.667. The highest BCUT2D eigenvalue weighted by atomic mass is 32.2. The standard InChI is InChI=1S/C12H18N2O5S2/c1-7(2)11-14(10(5-20-11)12(15)16)21(17,18)6-9-4-8(3)19-13-9/h4,7,10-11H,5-6H2,1-3H3,(H,15,16). The van der Waals surface area contributed by atoms with Crippen molar-refractivity contribution in [3.05, 3.63) is 17.5 Å². The number of carboxylic acid groups (broad SMARTS) is 1. The summed E-state index contributed by atoms with van der Waals surface area (Å²) in [7, 11) is -3.78. The van der Waals surface area contributed by atoms with Crippen LogP contribution in [0.5, 0.6) is 0 Å².